The maximum absolute atomic E-state index is 12.8. The van der Waals surface area contributed by atoms with E-state index in [4.69, 9.17) is 17.3 Å². The van der Waals surface area contributed by atoms with Crippen LogP contribution in [0, 0.1) is 5.92 Å². The molecule has 23 heavy (non-hydrogen) atoms. The van der Waals surface area contributed by atoms with Gasteiger partial charge in [-0.1, -0.05) is 11.6 Å². The van der Waals surface area contributed by atoms with Crippen LogP contribution in [0.4, 0.5) is 23.7 Å². The lowest BCUT2D eigenvalue weighted by Gasteiger charge is -2.32. The summed E-state index contributed by atoms with van der Waals surface area (Å²) in [5, 5.41) is 2.09. The van der Waals surface area contributed by atoms with Gasteiger partial charge in [-0.15, -0.1) is 12.4 Å². The molecule has 1 saturated heterocycles. The van der Waals surface area contributed by atoms with Crippen molar-refractivity contribution < 1.29 is 18.0 Å². The number of alkyl halides is 3. The minimum Gasteiger partial charge on any atom is -0.330 e. The first-order chi connectivity index (χ1) is 10.3. The van der Waals surface area contributed by atoms with Crippen LogP contribution in [0.5, 0.6) is 0 Å². The van der Waals surface area contributed by atoms with E-state index >= 15 is 0 Å². The van der Waals surface area contributed by atoms with Crippen LogP contribution in [0.25, 0.3) is 0 Å². The highest BCUT2D eigenvalue weighted by molar-refractivity contribution is 6.31. The number of hydrogen-bond donors (Lipinski definition) is 2. The number of piperidine rings is 1. The van der Waals surface area contributed by atoms with Gasteiger partial charge < -0.3 is 16.0 Å². The molecule has 0 aliphatic carbocycles. The fraction of sp³-hybridized carbons (Fsp3) is 0.500. The molecule has 0 bridgehead atoms. The summed E-state index contributed by atoms with van der Waals surface area (Å²) in [5.41, 5.74) is 4.70. The number of likely N-dealkylation sites (tertiary alicyclic amines) is 1. The second-order valence-corrected chi connectivity index (χ2v) is 5.72. The fourth-order valence-electron chi connectivity index (χ4n) is 2.46. The standard InChI is InChI=1S/C14H17ClF3N3O.ClH/c15-12-4-3-10(6-11(12)14(16,17)18)20-13(22)21-5-1-2-9(7-19)8-21;/h3-4,6,9H,1-2,5,7-8,19H2,(H,20,22);1H. The van der Waals surface area contributed by atoms with Gasteiger partial charge in [0.25, 0.3) is 0 Å². The Morgan fingerprint density at radius 1 is 1.43 bits per heavy atom. The number of benzene rings is 1. The third-order valence-electron chi connectivity index (χ3n) is 3.66. The maximum atomic E-state index is 12.8. The lowest BCUT2D eigenvalue weighted by atomic mass is 9.99. The van der Waals surface area contributed by atoms with Crippen LogP contribution < -0.4 is 11.1 Å². The summed E-state index contributed by atoms with van der Waals surface area (Å²) in [5.74, 6) is 0.232. The van der Waals surface area contributed by atoms with Crippen LogP contribution in [0.1, 0.15) is 18.4 Å². The Morgan fingerprint density at radius 2 is 2.13 bits per heavy atom. The fourth-order valence-corrected chi connectivity index (χ4v) is 2.69. The quantitative estimate of drug-likeness (QED) is 0.825. The Hall–Kier alpha value is -1.18. The van der Waals surface area contributed by atoms with E-state index in [9.17, 15) is 18.0 Å². The molecule has 4 nitrogen and oxygen atoms in total. The number of carbonyl (C=O) groups excluding carboxylic acids is 1. The van der Waals surface area contributed by atoms with Crippen molar-refractivity contribution in [1.82, 2.24) is 4.90 Å². The molecule has 1 heterocycles. The number of nitrogens with one attached hydrogen (secondary N) is 1. The van der Waals surface area contributed by atoms with E-state index in [1.54, 1.807) is 4.90 Å². The molecule has 1 atom stereocenters. The molecule has 2 rings (SSSR count). The molecule has 130 valence electrons. The number of amides is 2. The van der Waals surface area contributed by atoms with Gasteiger partial charge in [0.2, 0.25) is 0 Å². The number of carbonyl (C=O) groups is 1. The van der Waals surface area contributed by atoms with Gasteiger partial charge in [0.15, 0.2) is 0 Å². The van der Waals surface area contributed by atoms with Gasteiger partial charge in [0, 0.05) is 18.8 Å². The molecule has 1 aliphatic heterocycles. The molecule has 1 fully saturated rings. The Kier molecular flexibility index (Phi) is 6.98. The summed E-state index contributed by atoms with van der Waals surface area (Å²) in [7, 11) is 0. The van der Waals surface area contributed by atoms with Crippen LogP contribution in [0.15, 0.2) is 18.2 Å². The Labute approximate surface area is 143 Å². The van der Waals surface area contributed by atoms with E-state index in [0.717, 1.165) is 25.0 Å². The highest BCUT2D eigenvalue weighted by Gasteiger charge is 2.33. The summed E-state index contributed by atoms with van der Waals surface area (Å²) in [4.78, 5) is 13.7. The largest absolute Gasteiger partial charge is 0.417 e. The van der Waals surface area contributed by atoms with E-state index in [-0.39, 0.29) is 24.0 Å². The van der Waals surface area contributed by atoms with Gasteiger partial charge in [-0.25, -0.2) is 4.79 Å². The van der Waals surface area contributed by atoms with Crippen molar-refractivity contribution in [2.75, 3.05) is 25.0 Å². The summed E-state index contributed by atoms with van der Waals surface area (Å²) in [6.07, 6.45) is -2.77. The molecule has 0 spiro atoms. The molecule has 9 heteroatoms. The lowest BCUT2D eigenvalue weighted by molar-refractivity contribution is -0.137. The Morgan fingerprint density at radius 3 is 2.74 bits per heavy atom. The first kappa shape index (κ1) is 19.9. The van der Waals surface area contributed by atoms with Crippen molar-refractivity contribution in [2.45, 2.75) is 19.0 Å². The molecule has 3 N–H and O–H groups in total. The van der Waals surface area contributed by atoms with Crippen LogP contribution in [-0.2, 0) is 6.18 Å². The van der Waals surface area contributed by atoms with Crippen molar-refractivity contribution in [3.8, 4) is 0 Å². The maximum Gasteiger partial charge on any atom is 0.417 e. The SMILES string of the molecule is Cl.NCC1CCCN(C(=O)Nc2ccc(Cl)c(C(F)(F)F)c2)C1. The molecule has 1 aliphatic rings. The molecule has 1 unspecified atom stereocenters. The zero-order valence-corrected chi connectivity index (χ0v) is 13.8. The number of halogens is 5. The summed E-state index contributed by atoms with van der Waals surface area (Å²) in [6.45, 7) is 1.58. The van der Waals surface area contributed by atoms with Crippen LogP contribution in [-0.4, -0.2) is 30.6 Å². The molecular formula is C14H18Cl2F3N3O. The van der Waals surface area contributed by atoms with Crippen molar-refractivity contribution in [3.63, 3.8) is 0 Å². The van der Waals surface area contributed by atoms with E-state index in [2.05, 4.69) is 5.32 Å². The molecule has 0 aromatic heterocycles. The molecular weight excluding hydrogens is 354 g/mol. The average Bonchev–Trinajstić information content (AvgIpc) is 2.48. The second kappa shape index (κ2) is 8.08. The lowest BCUT2D eigenvalue weighted by Crippen LogP contribution is -2.44. The number of rotatable bonds is 2. The molecule has 2 amide bonds. The summed E-state index contributed by atoms with van der Waals surface area (Å²) < 4.78 is 38.4. The van der Waals surface area contributed by atoms with E-state index in [1.807, 2.05) is 0 Å². The van der Waals surface area contributed by atoms with Crippen LogP contribution >= 0.6 is 24.0 Å². The van der Waals surface area contributed by atoms with Gasteiger partial charge in [-0.05, 0) is 43.5 Å². The topological polar surface area (TPSA) is 58.4 Å². The first-order valence-electron chi connectivity index (χ1n) is 6.94. The monoisotopic (exact) mass is 371 g/mol. The smallest absolute Gasteiger partial charge is 0.330 e. The number of hydrogen-bond acceptors (Lipinski definition) is 2. The zero-order chi connectivity index (χ0) is 16.3. The second-order valence-electron chi connectivity index (χ2n) is 5.31. The molecule has 0 saturated carbocycles. The van der Waals surface area contributed by atoms with Gasteiger partial charge >= 0.3 is 12.2 Å². The third kappa shape index (κ3) is 5.16. The van der Waals surface area contributed by atoms with E-state index in [1.165, 1.54) is 6.07 Å². The van der Waals surface area contributed by atoms with Crippen molar-refractivity contribution >= 4 is 35.7 Å². The van der Waals surface area contributed by atoms with Crippen molar-refractivity contribution in [2.24, 2.45) is 11.7 Å². The predicted molar refractivity (Wildman–Crippen MR) is 86.1 cm³/mol. The van der Waals surface area contributed by atoms with Gasteiger partial charge in [-0.3, -0.25) is 0 Å². The minimum atomic E-state index is -4.56. The predicted octanol–water partition coefficient (Wildman–Crippen LogP) is 3.98. The van der Waals surface area contributed by atoms with Gasteiger partial charge in [0.1, 0.15) is 0 Å². The Bertz CT molecular complexity index is 555. The average molecular weight is 372 g/mol. The number of urea groups is 1. The normalized spacial score (nSPS) is 18.3. The van der Waals surface area contributed by atoms with Crippen LogP contribution in [0.2, 0.25) is 5.02 Å². The summed E-state index contributed by atoms with van der Waals surface area (Å²) in [6, 6.07) is 2.89. The Balaban J connectivity index is 0.00000264. The van der Waals surface area contributed by atoms with E-state index < -0.39 is 22.8 Å². The highest BCUT2D eigenvalue weighted by atomic mass is 35.5. The molecule has 1 aromatic rings. The third-order valence-corrected chi connectivity index (χ3v) is 3.99. The first-order valence-corrected chi connectivity index (χ1v) is 7.32. The summed E-state index contributed by atoms with van der Waals surface area (Å²) >= 11 is 5.55. The van der Waals surface area contributed by atoms with Crippen molar-refractivity contribution in [3.05, 3.63) is 28.8 Å². The highest BCUT2D eigenvalue weighted by Crippen LogP contribution is 2.36. The van der Waals surface area contributed by atoms with Gasteiger partial charge in [-0.2, -0.15) is 13.2 Å². The number of anilines is 1. The number of nitrogens with two attached hydrogens (primary N) is 1. The molecule has 0 radical (unpaired) electrons. The van der Waals surface area contributed by atoms with Gasteiger partial charge in [0.05, 0.1) is 10.6 Å². The van der Waals surface area contributed by atoms with Crippen LogP contribution in [0.3, 0.4) is 0 Å². The minimum absolute atomic E-state index is 0. The zero-order valence-electron chi connectivity index (χ0n) is 12.2. The van der Waals surface area contributed by atoms with Crippen molar-refractivity contribution in [1.29, 1.82) is 0 Å². The van der Waals surface area contributed by atoms with E-state index in [0.29, 0.717) is 19.6 Å². The number of nitrogens with zero attached hydrogens (tertiary/aromatic N) is 1. The molecule has 1 aromatic carbocycles.